The average molecular weight is 407 g/mol. The molecular formula is C18H21N3O6S. The number of carbonyl (C=O) groups is 3. The lowest BCUT2D eigenvalue weighted by molar-refractivity contribution is -0.133. The van der Waals surface area contributed by atoms with E-state index in [0.29, 0.717) is 17.7 Å². The van der Waals surface area contributed by atoms with Crippen LogP contribution in [0.4, 0.5) is 5.69 Å². The predicted molar refractivity (Wildman–Crippen MR) is 102 cm³/mol. The van der Waals surface area contributed by atoms with Crippen LogP contribution in [0.5, 0.6) is 0 Å². The fourth-order valence-corrected chi connectivity index (χ4v) is 4.79. The highest BCUT2D eigenvalue weighted by molar-refractivity contribution is 7.91. The number of hydrogen-bond donors (Lipinski definition) is 1. The molecule has 0 saturated carbocycles. The standard InChI is InChI=1S/C18H21N3O6S/c1-2-27-18(24)12-3-5-13(6-4-12)19-17(23)15-7-8-16(22)21(20-15)14-9-10-28(25,26)11-14/h3-6,14H,2,7-11H2,1H3,(H,19,23). The Kier molecular flexibility index (Phi) is 5.78. The summed E-state index contributed by atoms with van der Waals surface area (Å²) in [6.07, 6.45) is 0.605. The Morgan fingerprint density at radius 2 is 1.96 bits per heavy atom. The van der Waals surface area contributed by atoms with Gasteiger partial charge >= 0.3 is 5.97 Å². The van der Waals surface area contributed by atoms with Gasteiger partial charge in [0, 0.05) is 18.5 Å². The largest absolute Gasteiger partial charge is 0.462 e. The van der Waals surface area contributed by atoms with Crippen LogP contribution in [0.1, 0.15) is 36.5 Å². The van der Waals surface area contributed by atoms with Crippen molar-refractivity contribution in [2.24, 2.45) is 5.10 Å². The zero-order valence-electron chi connectivity index (χ0n) is 15.4. The lowest BCUT2D eigenvalue weighted by atomic mass is 10.1. The molecule has 10 heteroatoms. The summed E-state index contributed by atoms with van der Waals surface area (Å²) in [5.41, 5.74) is 1.00. The zero-order valence-corrected chi connectivity index (χ0v) is 16.2. The molecule has 1 aromatic rings. The van der Waals surface area contributed by atoms with E-state index < -0.39 is 27.8 Å². The lowest BCUT2D eigenvalue weighted by Gasteiger charge is -2.27. The van der Waals surface area contributed by atoms with Crippen LogP contribution >= 0.6 is 0 Å². The van der Waals surface area contributed by atoms with Crippen LogP contribution in [0.2, 0.25) is 0 Å². The molecule has 3 rings (SSSR count). The van der Waals surface area contributed by atoms with E-state index in [1.165, 1.54) is 12.1 Å². The average Bonchev–Trinajstić information content (AvgIpc) is 3.02. The van der Waals surface area contributed by atoms with E-state index in [4.69, 9.17) is 4.74 Å². The maximum atomic E-state index is 12.5. The Balaban J connectivity index is 1.69. The van der Waals surface area contributed by atoms with Gasteiger partial charge in [-0.1, -0.05) is 0 Å². The fraction of sp³-hybridized carbons (Fsp3) is 0.444. The van der Waals surface area contributed by atoms with Crippen molar-refractivity contribution in [3.8, 4) is 0 Å². The first-order chi connectivity index (χ1) is 13.3. The number of sulfone groups is 1. The van der Waals surface area contributed by atoms with Crippen molar-refractivity contribution >= 4 is 39.0 Å². The third kappa shape index (κ3) is 4.56. The monoisotopic (exact) mass is 407 g/mol. The van der Waals surface area contributed by atoms with Gasteiger partial charge in [0.2, 0.25) is 5.91 Å². The summed E-state index contributed by atoms with van der Waals surface area (Å²) < 4.78 is 28.2. The topological polar surface area (TPSA) is 122 Å². The van der Waals surface area contributed by atoms with Crippen LogP contribution in [0.15, 0.2) is 29.4 Å². The van der Waals surface area contributed by atoms with E-state index in [0.717, 1.165) is 5.01 Å². The van der Waals surface area contributed by atoms with E-state index in [-0.39, 0.29) is 42.6 Å². The number of nitrogens with zero attached hydrogens (tertiary/aromatic N) is 2. The minimum Gasteiger partial charge on any atom is -0.462 e. The number of amides is 2. The molecule has 2 heterocycles. The van der Waals surface area contributed by atoms with Gasteiger partial charge in [-0.2, -0.15) is 5.10 Å². The van der Waals surface area contributed by atoms with Crippen molar-refractivity contribution in [3.05, 3.63) is 29.8 Å². The molecule has 2 amide bonds. The first-order valence-corrected chi connectivity index (χ1v) is 10.8. The SMILES string of the molecule is CCOC(=O)c1ccc(NC(=O)C2=NN(C3CCS(=O)(=O)C3)C(=O)CC2)cc1. The minimum absolute atomic E-state index is 0.0192. The highest BCUT2D eigenvalue weighted by Crippen LogP contribution is 2.22. The Labute approximate surface area is 162 Å². The number of hydrogen-bond acceptors (Lipinski definition) is 7. The molecule has 9 nitrogen and oxygen atoms in total. The van der Waals surface area contributed by atoms with Crippen molar-refractivity contribution in [2.45, 2.75) is 32.2 Å². The number of ether oxygens (including phenoxy) is 1. The number of rotatable bonds is 5. The van der Waals surface area contributed by atoms with Gasteiger partial charge in [0.25, 0.3) is 5.91 Å². The van der Waals surface area contributed by atoms with Crippen molar-refractivity contribution in [3.63, 3.8) is 0 Å². The lowest BCUT2D eigenvalue weighted by Crippen LogP contribution is -2.42. The number of benzene rings is 1. The molecule has 28 heavy (non-hydrogen) atoms. The molecule has 1 fully saturated rings. The molecular weight excluding hydrogens is 386 g/mol. The molecule has 150 valence electrons. The predicted octanol–water partition coefficient (Wildman–Crippen LogP) is 0.967. The van der Waals surface area contributed by atoms with Gasteiger partial charge in [-0.3, -0.25) is 9.59 Å². The smallest absolute Gasteiger partial charge is 0.338 e. The van der Waals surface area contributed by atoms with Crippen molar-refractivity contribution in [2.75, 3.05) is 23.4 Å². The molecule has 1 saturated heterocycles. The summed E-state index contributed by atoms with van der Waals surface area (Å²) >= 11 is 0. The van der Waals surface area contributed by atoms with Gasteiger partial charge in [0.1, 0.15) is 5.71 Å². The summed E-state index contributed by atoms with van der Waals surface area (Å²) in [5, 5.41) is 7.95. The number of carbonyl (C=O) groups excluding carboxylic acids is 3. The van der Waals surface area contributed by atoms with E-state index in [1.807, 2.05) is 0 Å². The second-order valence-corrected chi connectivity index (χ2v) is 8.82. The highest BCUT2D eigenvalue weighted by atomic mass is 32.2. The normalized spacial score (nSPS) is 21.2. The molecule has 1 N–H and O–H groups in total. The molecule has 1 unspecified atom stereocenters. The molecule has 1 aromatic carbocycles. The zero-order chi connectivity index (χ0) is 20.3. The summed E-state index contributed by atoms with van der Waals surface area (Å²) in [4.78, 5) is 36.3. The first-order valence-electron chi connectivity index (χ1n) is 8.97. The molecule has 0 aromatic heterocycles. The van der Waals surface area contributed by atoms with E-state index in [1.54, 1.807) is 19.1 Å². The van der Waals surface area contributed by atoms with Gasteiger partial charge in [-0.25, -0.2) is 18.2 Å². The highest BCUT2D eigenvalue weighted by Gasteiger charge is 2.37. The van der Waals surface area contributed by atoms with Crippen LogP contribution in [0, 0.1) is 0 Å². The summed E-state index contributed by atoms with van der Waals surface area (Å²) in [6.45, 7) is 1.99. The molecule has 1 atom stereocenters. The van der Waals surface area contributed by atoms with Gasteiger partial charge in [-0.15, -0.1) is 0 Å². The number of anilines is 1. The molecule has 2 aliphatic rings. The van der Waals surface area contributed by atoms with Gasteiger partial charge < -0.3 is 10.1 Å². The van der Waals surface area contributed by atoms with Crippen LogP contribution < -0.4 is 5.32 Å². The maximum absolute atomic E-state index is 12.5. The molecule has 0 spiro atoms. The van der Waals surface area contributed by atoms with E-state index >= 15 is 0 Å². The Morgan fingerprint density at radius 1 is 1.25 bits per heavy atom. The van der Waals surface area contributed by atoms with E-state index in [2.05, 4.69) is 10.4 Å². The molecule has 0 radical (unpaired) electrons. The minimum atomic E-state index is -3.17. The molecule has 0 aliphatic carbocycles. The summed E-state index contributed by atoms with van der Waals surface area (Å²) in [6, 6.07) is 5.69. The van der Waals surface area contributed by atoms with Gasteiger partial charge in [0.15, 0.2) is 9.84 Å². The van der Waals surface area contributed by atoms with Gasteiger partial charge in [0.05, 0.1) is 29.7 Å². The maximum Gasteiger partial charge on any atom is 0.338 e. The fourth-order valence-electron chi connectivity index (χ4n) is 3.10. The van der Waals surface area contributed by atoms with Crippen LogP contribution in [-0.4, -0.2) is 61.1 Å². The first kappa shape index (κ1) is 20.0. The second-order valence-electron chi connectivity index (χ2n) is 6.59. The van der Waals surface area contributed by atoms with Crippen LogP contribution in [0.25, 0.3) is 0 Å². The number of nitrogens with one attached hydrogen (secondary N) is 1. The Hall–Kier alpha value is -2.75. The molecule has 2 aliphatic heterocycles. The number of hydrazone groups is 1. The third-order valence-electron chi connectivity index (χ3n) is 4.53. The van der Waals surface area contributed by atoms with Crippen molar-refractivity contribution in [1.29, 1.82) is 0 Å². The van der Waals surface area contributed by atoms with Crippen LogP contribution in [-0.2, 0) is 24.2 Å². The molecule has 0 bridgehead atoms. The van der Waals surface area contributed by atoms with Crippen LogP contribution in [0.3, 0.4) is 0 Å². The second kappa shape index (κ2) is 8.09. The van der Waals surface area contributed by atoms with E-state index in [9.17, 15) is 22.8 Å². The third-order valence-corrected chi connectivity index (χ3v) is 6.28. The number of esters is 1. The Morgan fingerprint density at radius 3 is 2.57 bits per heavy atom. The summed E-state index contributed by atoms with van der Waals surface area (Å²) in [7, 11) is -3.17. The summed E-state index contributed by atoms with van der Waals surface area (Å²) in [5.74, 6) is -1.31. The van der Waals surface area contributed by atoms with Gasteiger partial charge in [-0.05, 0) is 37.6 Å². The van der Waals surface area contributed by atoms with Crippen molar-refractivity contribution < 1.29 is 27.5 Å². The Bertz CT molecular complexity index is 923. The quantitative estimate of drug-likeness (QED) is 0.726. The van der Waals surface area contributed by atoms with Crippen molar-refractivity contribution in [1.82, 2.24) is 5.01 Å².